The molecule has 160 valence electrons. The van der Waals surface area contributed by atoms with E-state index in [0.29, 0.717) is 44.3 Å². The van der Waals surface area contributed by atoms with Crippen LogP contribution in [0.2, 0.25) is 5.02 Å². The van der Waals surface area contributed by atoms with E-state index in [1.165, 1.54) is 18.3 Å². The van der Waals surface area contributed by atoms with Gasteiger partial charge in [-0.3, -0.25) is 4.79 Å². The Morgan fingerprint density at radius 2 is 1.94 bits per heavy atom. The highest BCUT2D eigenvalue weighted by atomic mass is 79.9. The fourth-order valence-electron chi connectivity index (χ4n) is 2.68. The highest BCUT2D eigenvalue weighted by Gasteiger charge is 2.13. The van der Waals surface area contributed by atoms with Gasteiger partial charge in [-0.15, -0.1) is 0 Å². The molecule has 1 N–H and O–H groups in total. The second-order valence-corrected chi connectivity index (χ2v) is 7.68. The second kappa shape index (κ2) is 10.9. The van der Waals surface area contributed by atoms with Gasteiger partial charge in [0.15, 0.2) is 11.5 Å². The van der Waals surface area contributed by atoms with Crippen molar-refractivity contribution in [3.8, 4) is 11.5 Å². The number of halogens is 3. The minimum absolute atomic E-state index is 0.182. The molecule has 0 saturated carbocycles. The number of nitrogens with one attached hydrogen (secondary N) is 1. The van der Waals surface area contributed by atoms with E-state index in [4.69, 9.17) is 21.1 Å². The van der Waals surface area contributed by atoms with E-state index in [-0.39, 0.29) is 18.3 Å². The largest absolute Gasteiger partial charge is 0.490 e. The van der Waals surface area contributed by atoms with Crippen molar-refractivity contribution in [2.24, 2.45) is 5.10 Å². The summed E-state index contributed by atoms with van der Waals surface area (Å²) in [7, 11) is 0. The first-order valence-corrected chi connectivity index (χ1v) is 10.6. The van der Waals surface area contributed by atoms with Gasteiger partial charge in [-0.25, -0.2) is 9.82 Å². The minimum Gasteiger partial charge on any atom is -0.490 e. The van der Waals surface area contributed by atoms with E-state index in [9.17, 15) is 9.18 Å². The Hall–Kier alpha value is -2.90. The zero-order chi connectivity index (χ0) is 22.2. The first-order chi connectivity index (χ1) is 15.0. The lowest BCUT2D eigenvalue weighted by Gasteiger charge is -2.14. The number of hydrogen-bond donors (Lipinski definition) is 1. The normalized spacial score (nSPS) is 10.8. The van der Waals surface area contributed by atoms with Crippen LogP contribution in [0.15, 0.2) is 70.2 Å². The molecule has 0 spiro atoms. The van der Waals surface area contributed by atoms with Crippen molar-refractivity contribution in [2.75, 3.05) is 6.61 Å². The topological polar surface area (TPSA) is 59.9 Å². The summed E-state index contributed by atoms with van der Waals surface area (Å²) in [6.07, 6.45) is 1.50. The zero-order valence-corrected chi connectivity index (χ0v) is 18.9. The summed E-state index contributed by atoms with van der Waals surface area (Å²) in [5.74, 6) is 0.316. The van der Waals surface area contributed by atoms with Gasteiger partial charge in [0.25, 0.3) is 5.91 Å². The van der Waals surface area contributed by atoms with E-state index in [2.05, 4.69) is 26.5 Å². The highest BCUT2D eigenvalue weighted by Crippen LogP contribution is 2.37. The lowest BCUT2D eigenvalue weighted by molar-refractivity contribution is 0.0955. The molecule has 5 nitrogen and oxygen atoms in total. The molecule has 0 aliphatic heterocycles. The molecule has 0 radical (unpaired) electrons. The summed E-state index contributed by atoms with van der Waals surface area (Å²) in [6.45, 7) is 2.47. The van der Waals surface area contributed by atoms with Crippen LogP contribution in [0.5, 0.6) is 11.5 Å². The molecule has 0 bridgehead atoms. The van der Waals surface area contributed by atoms with Crippen LogP contribution in [0.3, 0.4) is 0 Å². The van der Waals surface area contributed by atoms with Crippen molar-refractivity contribution in [2.45, 2.75) is 13.5 Å². The standard InChI is InChI=1S/C23H19BrClFN2O3/c1-2-30-21-12-16(13-27-28-23(29)17-6-8-18(25)9-7-17)11-20(24)22(21)31-14-15-4-3-5-19(26)10-15/h3-13H,2,14H2,1H3,(H,28,29)/b27-13-. The molecular weight excluding hydrogens is 487 g/mol. The van der Waals surface area contributed by atoms with Crippen LogP contribution in [0.1, 0.15) is 28.4 Å². The van der Waals surface area contributed by atoms with Crippen molar-refractivity contribution in [3.05, 3.63) is 92.7 Å². The third kappa shape index (κ3) is 6.54. The van der Waals surface area contributed by atoms with Crippen LogP contribution in [-0.4, -0.2) is 18.7 Å². The lowest BCUT2D eigenvalue weighted by Crippen LogP contribution is -2.17. The summed E-state index contributed by atoms with van der Waals surface area (Å²) in [4.78, 5) is 12.1. The maximum atomic E-state index is 13.4. The van der Waals surface area contributed by atoms with E-state index in [0.717, 1.165) is 0 Å². The van der Waals surface area contributed by atoms with Crippen LogP contribution < -0.4 is 14.9 Å². The van der Waals surface area contributed by atoms with Gasteiger partial charge in [0.05, 0.1) is 17.3 Å². The molecule has 3 aromatic carbocycles. The fourth-order valence-corrected chi connectivity index (χ4v) is 3.38. The van der Waals surface area contributed by atoms with Gasteiger partial charge in [-0.1, -0.05) is 23.7 Å². The number of ether oxygens (including phenoxy) is 2. The third-order valence-electron chi connectivity index (χ3n) is 4.09. The van der Waals surface area contributed by atoms with Gasteiger partial charge in [0.1, 0.15) is 12.4 Å². The van der Waals surface area contributed by atoms with Crippen molar-refractivity contribution in [3.63, 3.8) is 0 Å². The van der Waals surface area contributed by atoms with Crippen LogP contribution in [0, 0.1) is 5.82 Å². The monoisotopic (exact) mass is 504 g/mol. The van der Waals surface area contributed by atoms with Crippen molar-refractivity contribution >= 4 is 39.7 Å². The SMILES string of the molecule is CCOc1cc(/C=N\NC(=O)c2ccc(Cl)cc2)cc(Br)c1OCc1cccc(F)c1. The summed E-state index contributed by atoms with van der Waals surface area (Å²) in [6, 6.07) is 16.2. The molecule has 3 aromatic rings. The molecule has 0 atom stereocenters. The second-order valence-electron chi connectivity index (χ2n) is 6.39. The fraction of sp³-hybridized carbons (Fsp3) is 0.130. The smallest absolute Gasteiger partial charge is 0.271 e. The van der Waals surface area contributed by atoms with Crippen molar-refractivity contribution in [1.82, 2.24) is 5.43 Å². The van der Waals surface area contributed by atoms with Gasteiger partial charge in [-0.05, 0) is 82.5 Å². The Morgan fingerprint density at radius 1 is 1.16 bits per heavy atom. The Kier molecular flexibility index (Phi) is 8.03. The molecule has 8 heteroatoms. The number of carbonyl (C=O) groups excluding carboxylic acids is 1. The molecule has 0 aliphatic rings. The van der Waals surface area contributed by atoms with E-state index >= 15 is 0 Å². The van der Waals surface area contributed by atoms with E-state index in [1.54, 1.807) is 48.5 Å². The quantitative estimate of drug-likeness (QED) is 0.302. The van der Waals surface area contributed by atoms with Gasteiger partial charge in [0, 0.05) is 10.6 Å². The first kappa shape index (κ1) is 22.8. The average molecular weight is 506 g/mol. The van der Waals surface area contributed by atoms with Gasteiger partial charge in [-0.2, -0.15) is 5.10 Å². The van der Waals surface area contributed by atoms with Gasteiger partial charge >= 0.3 is 0 Å². The number of amides is 1. The molecule has 3 rings (SSSR count). The van der Waals surface area contributed by atoms with E-state index < -0.39 is 0 Å². The maximum Gasteiger partial charge on any atom is 0.271 e. The first-order valence-electron chi connectivity index (χ1n) is 9.39. The summed E-state index contributed by atoms with van der Waals surface area (Å²) in [5.41, 5.74) is 4.30. The Bertz CT molecular complexity index is 1090. The number of hydrogen-bond acceptors (Lipinski definition) is 4. The van der Waals surface area contributed by atoms with Gasteiger partial charge in [0.2, 0.25) is 0 Å². The van der Waals surface area contributed by atoms with Crippen LogP contribution in [-0.2, 0) is 6.61 Å². The number of carbonyl (C=O) groups is 1. The molecule has 0 saturated heterocycles. The predicted octanol–water partition coefficient (Wildman–Crippen LogP) is 5.98. The molecule has 0 unspecified atom stereocenters. The minimum atomic E-state index is -0.355. The molecule has 31 heavy (non-hydrogen) atoms. The summed E-state index contributed by atoms with van der Waals surface area (Å²) < 4.78 is 25.6. The van der Waals surface area contributed by atoms with Crippen LogP contribution in [0.4, 0.5) is 4.39 Å². The van der Waals surface area contributed by atoms with E-state index in [1.807, 2.05) is 6.92 Å². The van der Waals surface area contributed by atoms with Gasteiger partial charge < -0.3 is 9.47 Å². The van der Waals surface area contributed by atoms with Crippen molar-refractivity contribution < 1.29 is 18.7 Å². The predicted molar refractivity (Wildman–Crippen MR) is 123 cm³/mol. The lowest BCUT2D eigenvalue weighted by atomic mass is 10.2. The molecular formula is C23H19BrClFN2O3. The Labute approximate surface area is 193 Å². The number of rotatable bonds is 8. The van der Waals surface area contributed by atoms with Crippen LogP contribution in [0.25, 0.3) is 0 Å². The summed E-state index contributed by atoms with van der Waals surface area (Å²) in [5, 5.41) is 4.55. The summed E-state index contributed by atoms with van der Waals surface area (Å²) >= 11 is 9.31. The highest BCUT2D eigenvalue weighted by molar-refractivity contribution is 9.10. The number of hydrazone groups is 1. The molecule has 1 amide bonds. The third-order valence-corrected chi connectivity index (χ3v) is 4.93. The number of nitrogens with zero attached hydrogens (tertiary/aromatic N) is 1. The number of benzene rings is 3. The molecule has 0 fully saturated rings. The van der Waals surface area contributed by atoms with Crippen molar-refractivity contribution in [1.29, 1.82) is 0 Å². The molecule has 0 aliphatic carbocycles. The zero-order valence-electron chi connectivity index (χ0n) is 16.6. The average Bonchev–Trinajstić information content (AvgIpc) is 2.74. The Morgan fingerprint density at radius 3 is 2.65 bits per heavy atom. The molecule has 0 aromatic heterocycles. The van der Waals surface area contributed by atoms with Crippen LogP contribution >= 0.6 is 27.5 Å². The molecule has 0 heterocycles. The Balaban J connectivity index is 1.72. The maximum absolute atomic E-state index is 13.4.